The number of benzene rings is 2. The van der Waals surface area contributed by atoms with Crippen molar-refractivity contribution in [2.45, 2.75) is 11.8 Å². The van der Waals surface area contributed by atoms with Crippen LogP contribution in [0.4, 0.5) is 5.69 Å². The molecule has 0 bridgehead atoms. The minimum Gasteiger partial charge on any atom is -0.452 e. The van der Waals surface area contributed by atoms with Gasteiger partial charge in [-0.05, 0) is 37.3 Å². The van der Waals surface area contributed by atoms with Gasteiger partial charge in [-0.1, -0.05) is 29.3 Å². The lowest BCUT2D eigenvalue weighted by Gasteiger charge is -2.26. The third-order valence-electron chi connectivity index (χ3n) is 4.44. The number of halogens is 1. The van der Waals surface area contributed by atoms with E-state index < -0.39 is 28.5 Å². The van der Waals surface area contributed by atoms with E-state index in [2.05, 4.69) is 5.32 Å². The van der Waals surface area contributed by atoms with E-state index in [9.17, 15) is 18.0 Å². The first-order chi connectivity index (χ1) is 14.3. The minimum atomic E-state index is -3.74. The van der Waals surface area contributed by atoms with Gasteiger partial charge in [0.15, 0.2) is 6.61 Å². The van der Waals surface area contributed by atoms with Gasteiger partial charge >= 0.3 is 5.97 Å². The molecule has 0 saturated carbocycles. The minimum absolute atomic E-state index is 0.000695. The van der Waals surface area contributed by atoms with Crippen LogP contribution in [0.25, 0.3) is 0 Å². The molecule has 2 aromatic rings. The number of hydrogen-bond acceptors (Lipinski definition) is 6. The molecule has 0 aliphatic carbocycles. The lowest BCUT2D eigenvalue weighted by molar-refractivity contribution is -0.119. The summed E-state index contributed by atoms with van der Waals surface area (Å²) in [6.45, 7) is 2.50. The predicted octanol–water partition coefficient (Wildman–Crippen LogP) is 2.46. The van der Waals surface area contributed by atoms with Crippen molar-refractivity contribution >= 4 is 39.2 Å². The van der Waals surface area contributed by atoms with Gasteiger partial charge in [-0.2, -0.15) is 4.31 Å². The summed E-state index contributed by atoms with van der Waals surface area (Å²) in [5, 5.41) is 2.65. The van der Waals surface area contributed by atoms with Crippen LogP contribution in [0.15, 0.2) is 47.4 Å². The number of hydrogen-bond donors (Lipinski definition) is 1. The standard InChI is InChI=1S/C20H21ClN2O6S/c1-14-2-4-15(5-3-14)20(25)29-13-19(24)22-18-12-16(6-7-17(18)21)30(26,27)23-8-10-28-11-9-23/h2-7,12H,8-11,13H2,1H3,(H,22,24). The number of amides is 1. The second-order valence-electron chi connectivity index (χ2n) is 6.65. The van der Waals surface area contributed by atoms with E-state index in [-0.39, 0.29) is 28.7 Å². The first kappa shape index (κ1) is 22.2. The fourth-order valence-corrected chi connectivity index (χ4v) is 4.39. The molecule has 0 unspecified atom stereocenters. The molecule has 1 heterocycles. The van der Waals surface area contributed by atoms with E-state index >= 15 is 0 Å². The summed E-state index contributed by atoms with van der Waals surface area (Å²) in [6.07, 6.45) is 0. The molecule has 0 radical (unpaired) electrons. The van der Waals surface area contributed by atoms with Crippen LogP contribution in [-0.4, -0.2) is 57.5 Å². The van der Waals surface area contributed by atoms with Crippen LogP contribution in [0.3, 0.4) is 0 Å². The molecule has 1 aliphatic heterocycles. The van der Waals surface area contributed by atoms with Crippen LogP contribution < -0.4 is 5.32 Å². The summed E-state index contributed by atoms with van der Waals surface area (Å²) in [4.78, 5) is 24.2. The third-order valence-corrected chi connectivity index (χ3v) is 6.67. The Bertz CT molecular complexity index is 1030. The van der Waals surface area contributed by atoms with E-state index in [4.69, 9.17) is 21.1 Å². The number of carbonyl (C=O) groups excluding carboxylic acids is 2. The molecule has 1 fully saturated rings. The lowest BCUT2D eigenvalue weighted by Crippen LogP contribution is -2.40. The van der Waals surface area contributed by atoms with Crippen molar-refractivity contribution in [1.29, 1.82) is 0 Å². The van der Waals surface area contributed by atoms with E-state index in [1.807, 2.05) is 6.92 Å². The molecule has 0 atom stereocenters. The summed E-state index contributed by atoms with van der Waals surface area (Å²) >= 11 is 6.10. The number of nitrogens with zero attached hydrogens (tertiary/aromatic N) is 1. The Morgan fingerprint density at radius 3 is 2.47 bits per heavy atom. The predicted molar refractivity (Wildman–Crippen MR) is 111 cm³/mol. The maximum Gasteiger partial charge on any atom is 0.338 e. The van der Waals surface area contributed by atoms with Gasteiger partial charge < -0.3 is 14.8 Å². The number of morpholine rings is 1. The van der Waals surface area contributed by atoms with E-state index in [1.54, 1.807) is 24.3 Å². The van der Waals surface area contributed by atoms with Crippen molar-refractivity contribution in [3.8, 4) is 0 Å². The molecule has 1 aliphatic rings. The van der Waals surface area contributed by atoms with E-state index in [1.165, 1.54) is 22.5 Å². The Morgan fingerprint density at radius 2 is 1.80 bits per heavy atom. The maximum atomic E-state index is 12.8. The van der Waals surface area contributed by atoms with Crippen molar-refractivity contribution < 1.29 is 27.5 Å². The smallest absolute Gasteiger partial charge is 0.338 e. The first-order valence-electron chi connectivity index (χ1n) is 9.18. The topological polar surface area (TPSA) is 102 Å². The van der Waals surface area contributed by atoms with Gasteiger partial charge in [0, 0.05) is 13.1 Å². The summed E-state index contributed by atoms with van der Waals surface area (Å²) in [5.41, 5.74) is 1.43. The van der Waals surface area contributed by atoms with Gasteiger partial charge in [-0.25, -0.2) is 13.2 Å². The highest BCUT2D eigenvalue weighted by Crippen LogP contribution is 2.27. The van der Waals surface area contributed by atoms with Gasteiger partial charge in [-0.3, -0.25) is 4.79 Å². The van der Waals surface area contributed by atoms with Crippen LogP contribution in [0, 0.1) is 6.92 Å². The van der Waals surface area contributed by atoms with Gasteiger partial charge in [0.2, 0.25) is 10.0 Å². The summed E-state index contributed by atoms with van der Waals surface area (Å²) in [7, 11) is -3.74. The fourth-order valence-electron chi connectivity index (χ4n) is 2.79. The molecule has 10 heteroatoms. The molecule has 0 spiro atoms. The average molecular weight is 453 g/mol. The summed E-state index contributed by atoms with van der Waals surface area (Å²) in [6, 6.07) is 10.8. The Kier molecular flexibility index (Phi) is 7.09. The quantitative estimate of drug-likeness (QED) is 0.675. The molecule has 3 rings (SSSR count). The molecule has 1 saturated heterocycles. The highest BCUT2D eigenvalue weighted by Gasteiger charge is 2.27. The zero-order valence-electron chi connectivity index (χ0n) is 16.3. The summed E-state index contributed by atoms with van der Waals surface area (Å²) in [5.74, 6) is -1.28. The van der Waals surface area contributed by atoms with Crippen molar-refractivity contribution in [1.82, 2.24) is 4.31 Å². The van der Waals surface area contributed by atoms with Crippen molar-refractivity contribution in [2.75, 3.05) is 38.2 Å². The second kappa shape index (κ2) is 9.57. The van der Waals surface area contributed by atoms with E-state index in [0.717, 1.165) is 5.56 Å². The Labute approximate surface area is 179 Å². The Hall–Kier alpha value is -2.46. The molecule has 1 amide bonds. The van der Waals surface area contributed by atoms with Crippen LogP contribution >= 0.6 is 11.6 Å². The lowest BCUT2D eigenvalue weighted by atomic mass is 10.1. The van der Waals surface area contributed by atoms with Gasteiger partial charge in [0.25, 0.3) is 5.91 Å². The average Bonchev–Trinajstić information content (AvgIpc) is 2.74. The van der Waals surface area contributed by atoms with Crippen LogP contribution in [-0.2, 0) is 24.3 Å². The Morgan fingerprint density at radius 1 is 1.13 bits per heavy atom. The Balaban J connectivity index is 1.65. The van der Waals surface area contributed by atoms with Gasteiger partial charge in [0.1, 0.15) is 0 Å². The number of anilines is 1. The number of carbonyl (C=O) groups is 2. The largest absolute Gasteiger partial charge is 0.452 e. The third kappa shape index (κ3) is 5.37. The normalized spacial score (nSPS) is 14.9. The van der Waals surface area contributed by atoms with Crippen LogP contribution in [0.2, 0.25) is 5.02 Å². The van der Waals surface area contributed by atoms with Gasteiger partial charge in [0.05, 0.1) is 34.4 Å². The zero-order valence-corrected chi connectivity index (χ0v) is 17.8. The second-order valence-corrected chi connectivity index (χ2v) is 8.99. The molecular weight excluding hydrogens is 432 g/mol. The molecule has 160 valence electrons. The SMILES string of the molecule is Cc1ccc(C(=O)OCC(=O)Nc2cc(S(=O)(=O)N3CCOCC3)ccc2Cl)cc1. The number of sulfonamides is 1. The first-order valence-corrected chi connectivity index (χ1v) is 11.0. The van der Waals surface area contributed by atoms with E-state index in [0.29, 0.717) is 18.8 Å². The number of nitrogens with one attached hydrogen (secondary N) is 1. The van der Waals surface area contributed by atoms with Crippen molar-refractivity contribution in [3.63, 3.8) is 0 Å². The monoisotopic (exact) mass is 452 g/mol. The number of esters is 1. The number of ether oxygens (including phenoxy) is 2. The fraction of sp³-hybridized carbons (Fsp3) is 0.300. The molecule has 2 aromatic carbocycles. The molecular formula is C20H21ClN2O6S. The summed E-state index contributed by atoms with van der Waals surface area (Å²) < 4.78 is 37.1. The number of aryl methyl sites for hydroxylation is 1. The van der Waals surface area contributed by atoms with Gasteiger partial charge in [-0.15, -0.1) is 0 Å². The molecule has 0 aromatic heterocycles. The highest BCUT2D eigenvalue weighted by molar-refractivity contribution is 7.89. The maximum absolute atomic E-state index is 12.8. The highest BCUT2D eigenvalue weighted by atomic mass is 35.5. The van der Waals surface area contributed by atoms with Crippen molar-refractivity contribution in [2.24, 2.45) is 0 Å². The van der Waals surface area contributed by atoms with Crippen molar-refractivity contribution in [3.05, 3.63) is 58.6 Å². The molecule has 30 heavy (non-hydrogen) atoms. The van der Waals surface area contributed by atoms with Crippen LogP contribution in [0.5, 0.6) is 0 Å². The number of rotatable bonds is 6. The molecule has 8 nitrogen and oxygen atoms in total. The van der Waals surface area contributed by atoms with Crippen LogP contribution in [0.1, 0.15) is 15.9 Å². The zero-order chi connectivity index (χ0) is 21.7. The molecule has 1 N–H and O–H groups in total.